The van der Waals surface area contributed by atoms with E-state index >= 15 is 26.3 Å². The first-order valence-electron chi connectivity index (χ1n) is 34.2. The molecule has 8 atom stereocenters. The van der Waals surface area contributed by atoms with Crippen LogP contribution in [0.25, 0.3) is 0 Å². The van der Waals surface area contributed by atoms with E-state index in [0.29, 0.717) is 91.7 Å². The molecule has 2 unspecified atom stereocenters. The second-order valence-electron chi connectivity index (χ2n) is 28.1. The minimum absolute atomic E-state index is 0.0358. The second-order valence-corrected chi connectivity index (χ2v) is 28.1. The number of hydrogen-bond acceptors (Lipinski definition) is 14. The van der Waals surface area contributed by atoms with Crippen molar-refractivity contribution in [1.82, 2.24) is 29.4 Å². The molecule has 0 aromatic heterocycles. The zero-order chi connectivity index (χ0) is 70.8. The van der Waals surface area contributed by atoms with Crippen LogP contribution < -0.4 is 14.2 Å². The van der Waals surface area contributed by atoms with Gasteiger partial charge in [-0.1, -0.05) is 54.6 Å². The normalized spacial score (nSPS) is 23.0. The molecule has 6 heterocycles. The molecule has 12 rings (SSSR count). The molecule has 0 amide bonds. The van der Waals surface area contributed by atoms with Crippen LogP contribution in [-0.4, -0.2) is 218 Å². The first-order valence-corrected chi connectivity index (χ1v) is 34.2. The van der Waals surface area contributed by atoms with Crippen LogP contribution in [0, 0.1) is 17.8 Å². The molecule has 15 nitrogen and oxygen atoms in total. The highest BCUT2D eigenvalue weighted by Gasteiger charge is 2.46. The number of fused-ring (bicyclic) bond motifs is 3. The molecule has 0 radical (unpaired) electrons. The third-order valence-electron chi connectivity index (χ3n) is 20.4. The van der Waals surface area contributed by atoms with Crippen molar-refractivity contribution in [3.8, 4) is 28.7 Å². The molecule has 6 aromatic rings. The van der Waals surface area contributed by atoms with Crippen molar-refractivity contribution < 1.29 is 87.7 Å². The fraction of sp³-hybridized carbons (Fsp3) is 0.507. The van der Waals surface area contributed by atoms with E-state index < -0.39 is 112 Å². The van der Waals surface area contributed by atoms with E-state index in [0.717, 1.165) is 27.8 Å². The van der Waals surface area contributed by atoms with E-state index in [1.54, 1.807) is 114 Å². The highest BCUT2D eigenvalue weighted by atomic mass is 19.4. The van der Waals surface area contributed by atoms with Gasteiger partial charge in [-0.05, 0) is 163 Å². The van der Waals surface area contributed by atoms with Crippen LogP contribution in [0.3, 0.4) is 0 Å². The molecule has 6 aliphatic rings. The Morgan fingerprint density at radius 3 is 1.17 bits per heavy atom. The lowest BCUT2D eigenvalue weighted by Crippen LogP contribution is -2.53. The molecule has 3 fully saturated rings. The number of ether oxygens (including phenoxy) is 5. The Bertz CT molecular complexity index is 3730. The first-order chi connectivity index (χ1) is 47.7. The molecule has 3 N–H and O–H groups in total. The van der Waals surface area contributed by atoms with Gasteiger partial charge in [0, 0.05) is 94.8 Å². The third-order valence-corrected chi connectivity index (χ3v) is 20.4. The van der Waals surface area contributed by atoms with Crippen LogP contribution in [0.15, 0.2) is 127 Å². The molecule has 540 valence electrons. The molecular formula is C75H86F10N6O9. The van der Waals surface area contributed by atoms with Crippen molar-refractivity contribution in [2.45, 2.75) is 107 Å². The lowest BCUT2D eigenvalue weighted by molar-refractivity contribution is -0.178. The number of carboxylic acids is 1. The monoisotopic (exact) mass is 1400 g/mol. The van der Waals surface area contributed by atoms with Crippen molar-refractivity contribution >= 4 is 5.97 Å². The molecule has 0 bridgehead atoms. The first kappa shape index (κ1) is 72.6. The van der Waals surface area contributed by atoms with Crippen LogP contribution in [0.5, 0.6) is 28.7 Å². The number of nitrogens with zero attached hydrogens (tertiary/aromatic N) is 6. The van der Waals surface area contributed by atoms with Crippen LogP contribution in [0.1, 0.15) is 99.3 Å². The Balaban J connectivity index is 0.578. The van der Waals surface area contributed by atoms with Gasteiger partial charge in [0.15, 0.2) is 0 Å². The summed E-state index contributed by atoms with van der Waals surface area (Å²) in [5.41, 5.74) is 6.42. The van der Waals surface area contributed by atoms with Crippen molar-refractivity contribution in [2.24, 2.45) is 17.8 Å². The zero-order valence-corrected chi connectivity index (χ0v) is 56.1. The fourth-order valence-electron chi connectivity index (χ4n) is 15.2. The minimum atomic E-state index is -4.48. The molecule has 100 heavy (non-hydrogen) atoms. The van der Waals surface area contributed by atoms with Gasteiger partial charge in [-0.25, -0.2) is 31.1 Å². The number of carbonyl (C=O) groups is 1. The van der Waals surface area contributed by atoms with Gasteiger partial charge in [-0.3, -0.25) is 33.8 Å². The largest absolute Gasteiger partial charge is 0.508 e. The number of phenols is 2. The van der Waals surface area contributed by atoms with E-state index in [1.807, 2.05) is 35.8 Å². The van der Waals surface area contributed by atoms with Crippen molar-refractivity contribution in [3.05, 3.63) is 183 Å². The number of halogens is 10. The molecular weight excluding hydrogens is 1320 g/mol. The Morgan fingerprint density at radius 2 is 0.820 bits per heavy atom. The third kappa shape index (κ3) is 17.4. The summed E-state index contributed by atoms with van der Waals surface area (Å²) in [6, 6.07) is 31.8. The van der Waals surface area contributed by atoms with Gasteiger partial charge in [0.05, 0.1) is 50.0 Å². The van der Waals surface area contributed by atoms with Gasteiger partial charge < -0.3 is 39.0 Å². The number of phenolic OH excluding ortho intramolecular Hbond substituents is 2. The topological polar surface area (TPSA) is 143 Å². The van der Waals surface area contributed by atoms with Crippen LogP contribution >= 0.6 is 0 Å². The maximum absolute atomic E-state index is 16.2. The molecule has 6 aliphatic heterocycles. The second kappa shape index (κ2) is 30.8. The summed E-state index contributed by atoms with van der Waals surface area (Å²) in [6.07, 6.45) is -7.37. The highest BCUT2D eigenvalue weighted by molar-refractivity contribution is 5.88. The van der Waals surface area contributed by atoms with Gasteiger partial charge in [0.1, 0.15) is 61.8 Å². The van der Waals surface area contributed by atoms with E-state index in [-0.39, 0.29) is 81.5 Å². The Labute approximate surface area is 575 Å². The Hall–Kier alpha value is -7.23. The smallest absolute Gasteiger partial charge is 0.401 e. The number of aromatic carboxylic acids is 1. The summed E-state index contributed by atoms with van der Waals surface area (Å²) >= 11 is 0. The Morgan fingerprint density at radius 1 is 0.480 bits per heavy atom. The van der Waals surface area contributed by atoms with Crippen molar-refractivity contribution in [1.29, 1.82) is 0 Å². The zero-order valence-electron chi connectivity index (χ0n) is 56.1. The molecule has 0 saturated carbocycles. The van der Waals surface area contributed by atoms with Gasteiger partial charge in [0.2, 0.25) is 12.7 Å². The number of alkyl halides is 10. The summed E-state index contributed by atoms with van der Waals surface area (Å²) < 4.78 is 178. The van der Waals surface area contributed by atoms with Crippen LogP contribution in [0.4, 0.5) is 43.9 Å². The van der Waals surface area contributed by atoms with E-state index in [2.05, 4.69) is 4.90 Å². The highest BCUT2D eigenvalue weighted by Crippen LogP contribution is 2.45. The molecule has 25 heteroatoms. The maximum atomic E-state index is 16.2. The number of rotatable bonds is 30. The summed E-state index contributed by atoms with van der Waals surface area (Å²) in [5.74, 6) is -7.62. The fourth-order valence-corrected chi connectivity index (χ4v) is 15.2. The van der Waals surface area contributed by atoms with Crippen LogP contribution in [-0.2, 0) is 28.7 Å². The summed E-state index contributed by atoms with van der Waals surface area (Å²) in [4.78, 5) is 22.3. The summed E-state index contributed by atoms with van der Waals surface area (Å²) in [7, 11) is 0. The standard InChI is InChI=1S/C75H86F10N6O9/c1-46-29-55-32-59(92)11-20-65(55)67(50-4-13-61(14-5-50)96-25-22-86-35-49(34-76)36-86)89(46)41-73(79,80)44-99-70(77)57-37-87(38-57)23-26-97-62-15-6-51(7-16-62)68-66-21-12-60(93)33-56(66)30-47(2)90(68)42-74(81,82)45-100-71(78)58-39-88(40-58)24-27-98-63-17-8-52(9-18-63)69-64-19-10-53(72(94)95)31-54(64)28-48(3)91(69)43-75(83,84)85/h4-21,31-33,46-49,57-58,67-71,92-93H,22-30,34-45H2,1-3H3,(H,94,95)/t46-,47+,48-,67-,68+,69-,70?,71?/m1/s1. The van der Waals surface area contributed by atoms with E-state index in [1.165, 1.54) is 23.1 Å². The lowest BCUT2D eigenvalue weighted by Gasteiger charge is -2.44. The summed E-state index contributed by atoms with van der Waals surface area (Å²) in [6.45, 7) is 4.72. The average molecular weight is 1410 g/mol. The average Bonchev–Trinajstić information content (AvgIpc) is 0.772. The minimum Gasteiger partial charge on any atom is -0.508 e. The molecule has 0 aliphatic carbocycles. The molecule has 0 spiro atoms. The maximum Gasteiger partial charge on any atom is 0.401 e. The van der Waals surface area contributed by atoms with Gasteiger partial charge in [0.25, 0.3) is 11.8 Å². The van der Waals surface area contributed by atoms with Gasteiger partial charge in [-0.15, -0.1) is 0 Å². The predicted octanol–water partition coefficient (Wildman–Crippen LogP) is 12.6. The number of hydrogen-bond donors (Lipinski definition) is 3. The predicted molar refractivity (Wildman–Crippen MR) is 354 cm³/mol. The molecule has 6 aromatic carbocycles. The van der Waals surface area contributed by atoms with Gasteiger partial charge in [-0.2, -0.15) is 13.2 Å². The number of carboxylic acid groups (broad SMARTS) is 1. The lowest BCUT2D eigenvalue weighted by atomic mass is 9.84. The quantitative estimate of drug-likeness (QED) is 0.0368. The van der Waals surface area contributed by atoms with E-state index in [4.69, 9.17) is 23.7 Å². The Kier molecular flexibility index (Phi) is 22.3. The van der Waals surface area contributed by atoms with Crippen LogP contribution in [0.2, 0.25) is 0 Å². The number of likely N-dealkylation sites (tertiary alicyclic amines) is 3. The number of benzene rings is 6. The van der Waals surface area contributed by atoms with Gasteiger partial charge >= 0.3 is 12.1 Å². The number of aromatic hydroxyl groups is 2. The van der Waals surface area contributed by atoms with Crippen molar-refractivity contribution in [2.75, 3.05) is 118 Å². The SMILES string of the molecule is C[C@@H]1Cc2cc(C(=O)O)ccc2[C@@H](c2ccc(OCCN3CC(C(F)OCC(F)(F)CN4[C@@H](c5ccc(OCCN6CC(C(F)OCC(F)(F)CN7[C@H](c8ccc(OCCN9CC(CF)C9)cc8)c8ccc(O)cc8C[C@H]7C)C6)cc5)c5ccc(O)cc5C[C@@H]4C)C3)cc2)N1CC(F)(F)F. The summed E-state index contributed by atoms with van der Waals surface area (Å²) in [5, 5.41) is 30.3. The van der Waals surface area contributed by atoms with E-state index in [9.17, 15) is 37.7 Å². The van der Waals surface area contributed by atoms with Crippen molar-refractivity contribution in [3.63, 3.8) is 0 Å². The molecule has 3 saturated heterocycles.